The summed E-state index contributed by atoms with van der Waals surface area (Å²) < 4.78 is 13.6. The Kier molecular flexibility index (Phi) is 6.76. The number of hydrogen-bond acceptors (Lipinski definition) is 6. The van der Waals surface area contributed by atoms with E-state index in [1.54, 1.807) is 19.2 Å². The van der Waals surface area contributed by atoms with Crippen molar-refractivity contribution in [3.63, 3.8) is 0 Å². The highest BCUT2D eigenvalue weighted by atomic mass is 35.5. The second kappa shape index (κ2) is 10.1. The lowest BCUT2D eigenvalue weighted by Crippen LogP contribution is -2.38. The molecule has 0 bridgehead atoms. The summed E-state index contributed by atoms with van der Waals surface area (Å²) in [4.78, 5) is 18.5. The Morgan fingerprint density at radius 3 is 2.84 bits per heavy atom. The fourth-order valence-corrected chi connectivity index (χ4v) is 5.36. The molecule has 0 aliphatic carbocycles. The number of ether oxygens (including phenoxy) is 2. The molecule has 2 aromatic carbocycles. The quantitative estimate of drug-likeness (QED) is 0.333. The van der Waals surface area contributed by atoms with Crippen LogP contribution in [0.25, 0.3) is 16.6 Å². The smallest absolute Gasteiger partial charge is 0.245 e. The van der Waals surface area contributed by atoms with E-state index in [4.69, 9.17) is 26.8 Å². The van der Waals surface area contributed by atoms with Crippen LogP contribution in [0.2, 0.25) is 5.02 Å². The van der Waals surface area contributed by atoms with Crippen LogP contribution in [0.5, 0.6) is 17.2 Å². The van der Waals surface area contributed by atoms with Crippen LogP contribution in [0.1, 0.15) is 30.0 Å². The molecule has 4 aromatic rings. The molecule has 1 aliphatic rings. The second-order valence-electron chi connectivity index (χ2n) is 9.04. The number of anilines is 1. The van der Waals surface area contributed by atoms with Crippen LogP contribution in [0, 0.1) is 6.92 Å². The third-order valence-electron chi connectivity index (χ3n) is 6.81. The van der Waals surface area contributed by atoms with Crippen molar-refractivity contribution in [3.05, 3.63) is 77.7 Å². The van der Waals surface area contributed by atoms with Crippen molar-refractivity contribution in [1.82, 2.24) is 19.5 Å². The Hall–Kier alpha value is -4.04. The molecular weight excluding hydrogens is 490 g/mol. The Bertz CT molecular complexity index is 1500. The zero-order chi connectivity index (χ0) is 26.1. The van der Waals surface area contributed by atoms with Crippen molar-refractivity contribution >= 4 is 28.8 Å². The number of likely N-dealkylation sites (tertiary alicyclic amines) is 1. The molecule has 8 nitrogen and oxygen atoms in total. The van der Waals surface area contributed by atoms with Gasteiger partial charge in [-0.1, -0.05) is 30.3 Å². The largest absolute Gasteiger partial charge is 0.493 e. The normalized spacial score (nSPS) is 15.5. The van der Waals surface area contributed by atoms with Crippen LogP contribution in [-0.2, 0) is 4.79 Å². The Morgan fingerprint density at radius 1 is 1.24 bits per heavy atom. The number of nitrogen functional groups attached to an aromatic ring is 1. The van der Waals surface area contributed by atoms with Gasteiger partial charge in [-0.25, -0.2) is 9.50 Å². The molecule has 1 unspecified atom stereocenters. The third kappa shape index (κ3) is 4.60. The molecule has 9 heteroatoms. The van der Waals surface area contributed by atoms with Crippen molar-refractivity contribution in [2.75, 3.05) is 25.9 Å². The maximum absolute atomic E-state index is 12.3. The van der Waals surface area contributed by atoms with Gasteiger partial charge in [0.15, 0.2) is 17.3 Å². The van der Waals surface area contributed by atoms with Crippen LogP contribution in [-0.4, -0.2) is 45.6 Å². The molecule has 0 saturated carbocycles. The predicted molar refractivity (Wildman–Crippen MR) is 144 cm³/mol. The van der Waals surface area contributed by atoms with Crippen LogP contribution >= 0.6 is 11.6 Å². The van der Waals surface area contributed by atoms with Crippen molar-refractivity contribution in [3.8, 4) is 28.4 Å². The number of rotatable bonds is 6. The number of nitrogens with two attached hydrogens (primary N) is 1. The summed E-state index contributed by atoms with van der Waals surface area (Å²) in [6.45, 7) is 7.03. The maximum Gasteiger partial charge on any atom is 0.245 e. The van der Waals surface area contributed by atoms with Crippen LogP contribution in [0.3, 0.4) is 0 Å². The summed E-state index contributed by atoms with van der Waals surface area (Å²) in [5, 5.41) is 5.16. The molecule has 2 aromatic heterocycles. The van der Waals surface area contributed by atoms with E-state index in [0.29, 0.717) is 34.6 Å². The lowest BCUT2D eigenvalue weighted by Gasteiger charge is -2.32. The van der Waals surface area contributed by atoms with Gasteiger partial charge in [0.1, 0.15) is 17.6 Å². The average Bonchev–Trinajstić information content (AvgIpc) is 3.21. The number of fused-ring (bicyclic) bond motifs is 1. The molecule has 1 atom stereocenters. The van der Waals surface area contributed by atoms with E-state index in [1.165, 1.54) is 12.4 Å². The minimum Gasteiger partial charge on any atom is -0.493 e. The molecule has 5 rings (SSSR count). The highest BCUT2D eigenvalue weighted by molar-refractivity contribution is 6.30. The first kappa shape index (κ1) is 24.6. The first-order chi connectivity index (χ1) is 17.9. The summed E-state index contributed by atoms with van der Waals surface area (Å²) in [5.74, 6) is 2.16. The number of nitrogens with zero attached hydrogens (tertiary/aromatic N) is 4. The molecule has 0 spiro atoms. The third-order valence-corrected chi connectivity index (χ3v) is 7.05. The summed E-state index contributed by atoms with van der Waals surface area (Å²) in [7, 11) is 1.60. The Balaban J connectivity index is 1.60. The van der Waals surface area contributed by atoms with Crippen molar-refractivity contribution in [2.24, 2.45) is 0 Å². The summed E-state index contributed by atoms with van der Waals surface area (Å²) in [5.41, 5.74) is 11.0. The highest BCUT2D eigenvalue weighted by Gasteiger charge is 2.30. The van der Waals surface area contributed by atoms with Crippen LogP contribution in [0.4, 0.5) is 5.82 Å². The second-order valence-corrected chi connectivity index (χ2v) is 9.48. The minimum absolute atomic E-state index is 0.0578. The standard InChI is InChI=1S/C28H28ClN5O3/c1-4-24(35)33-12-6-7-19(15-33)26-17(2)25(27-28(30)31-16-32-34(26)27)18-10-11-22(23(13-18)36-3)37-21-9-5-8-20(29)14-21/h4-5,8-11,13-14,16,19H,1,6-7,12,15H2,2-3H3,(H2,30,31,32). The van der Waals surface area contributed by atoms with Gasteiger partial charge in [-0.15, -0.1) is 0 Å². The van der Waals surface area contributed by atoms with Crippen molar-refractivity contribution in [2.45, 2.75) is 25.7 Å². The van der Waals surface area contributed by atoms with E-state index in [2.05, 4.69) is 23.6 Å². The molecule has 1 amide bonds. The minimum atomic E-state index is -0.0578. The monoisotopic (exact) mass is 517 g/mol. The van der Waals surface area contributed by atoms with Gasteiger partial charge < -0.3 is 20.1 Å². The Morgan fingerprint density at radius 2 is 2.08 bits per heavy atom. The topological polar surface area (TPSA) is 95.0 Å². The summed E-state index contributed by atoms with van der Waals surface area (Å²) in [6.07, 6.45) is 4.67. The van der Waals surface area contributed by atoms with Crippen LogP contribution < -0.4 is 15.2 Å². The van der Waals surface area contributed by atoms with E-state index < -0.39 is 0 Å². The fourth-order valence-electron chi connectivity index (χ4n) is 5.18. The number of halogens is 1. The first-order valence-corrected chi connectivity index (χ1v) is 12.4. The van der Waals surface area contributed by atoms with E-state index in [-0.39, 0.29) is 11.8 Å². The first-order valence-electron chi connectivity index (χ1n) is 12.1. The number of hydrogen-bond donors (Lipinski definition) is 1. The molecule has 1 aliphatic heterocycles. The molecule has 1 saturated heterocycles. The van der Waals surface area contributed by atoms with E-state index in [9.17, 15) is 4.79 Å². The van der Waals surface area contributed by atoms with Gasteiger partial charge >= 0.3 is 0 Å². The van der Waals surface area contributed by atoms with Gasteiger partial charge in [0, 0.05) is 29.6 Å². The molecule has 190 valence electrons. The summed E-state index contributed by atoms with van der Waals surface area (Å²) in [6, 6.07) is 13.0. The number of piperidine rings is 1. The van der Waals surface area contributed by atoms with Gasteiger partial charge in [-0.05, 0) is 67.3 Å². The van der Waals surface area contributed by atoms with E-state index >= 15 is 0 Å². The van der Waals surface area contributed by atoms with E-state index in [1.807, 2.05) is 39.7 Å². The molecule has 2 N–H and O–H groups in total. The molecule has 37 heavy (non-hydrogen) atoms. The molecule has 3 heterocycles. The van der Waals surface area contributed by atoms with Gasteiger partial charge in [-0.2, -0.15) is 5.10 Å². The number of carbonyl (C=O) groups is 1. The zero-order valence-corrected chi connectivity index (χ0v) is 21.5. The number of methoxy groups -OCH3 is 1. The number of benzene rings is 2. The van der Waals surface area contributed by atoms with Crippen molar-refractivity contribution < 1.29 is 14.3 Å². The SMILES string of the molecule is C=CC(=O)N1CCCC(c2c(C)c(-c3ccc(Oc4cccc(Cl)c4)c(OC)c3)c3c(N)ncnn23)C1. The molecule has 0 radical (unpaired) electrons. The van der Waals surface area contributed by atoms with Crippen LogP contribution in [0.15, 0.2) is 61.4 Å². The Labute approximate surface area is 220 Å². The number of aromatic nitrogens is 3. The van der Waals surface area contributed by atoms with E-state index in [0.717, 1.165) is 47.3 Å². The van der Waals surface area contributed by atoms with Gasteiger partial charge in [-0.3, -0.25) is 4.79 Å². The van der Waals surface area contributed by atoms with Crippen molar-refractivity contribution in [1.29, 1.82) is 0 Å². The fraction of sp³-hybridized carbons (Fsp3) is 0.250. The van der Waals surface area contributed by atoms with Gasteiger partial charge in [0.05, 0.1) is 12.8 Å². The van der Waals surface area contributed by atoms with Gasteiger partial charge in [0.2, 0.25) is 5.91 Å². The lowest BCUT2D eigenvalue weighted by atomic mass is 9.90. The maximum atomic E-state index is 12.3. The summed E-state index contributed by atoms with van der Waals surface area (Å²) >= 11 is 6.11. The number of carbonyl (C=O) groups excluding carboxylic acids is 1. The lowest BCUT2D eigenvalue weighted by molar-refractivity contribution is -0.127. The average molecular weight is 518 g/mol. The zero-order valence-electron chi connectivity index (χ0n) is 20.8. The van der Waals surface area contributed by atoms with Gasteiger partial charge in [0.25, 0.3) is 0 Å². The molecule has 1 fully saturated rings. The number of amides is 1. The highest BCUT2D eigenvalue weighted by Crippen LogP contribution is 2.43. The molecular formula is C28H28ClN5O3. The predicted octanol–water partition coefficient (Wildman–Crippen LogP) is 5.63.